The molecule has 6 heteroatoms. The summed E-state index contributed by atoms with van der Waals surface area (Å²) < 4.78 is 30.6. The number of sulfone groups is 1. The fraction of sp³-hybridized carbons (Fsp3) is 0.211. The average molecular weight is 359 g/mol. The van der Waals surface area contributed by atoms with E-state index in [1.165, 1.54) is 12.1 Å². The number of hydrogen-bond acceptors (Lipinski definition) is 4. The zero-order valence-electron chi connectivity index (χ0n) is 13.8. The summed E-state index contributed by atoms with van der Waals surface area (Å²) in [7, 11) is -3.71. The lowest BCUT2D eigenvalue weighted by Crippen LogP contribution is -2.41. The lowest BCUT2D eigenvalue weighted by molar-refractivity contribution is 0.138. The van der Waals surface area contributed by atoms with Crippen LogP contribution in [0.1, 0.15) is 18.4 Å². The van der Waals surface area contributed by atoms with Crippen LogP contribution in [-0.2, 0) is 21.2 Å². The smallest absolute Gasteiger partial charge is 0.408 e. The maximum atomic E-state index is 12.7. The molecule has 5 nitrogen and oxygen atoms in total. The number of rotatable bonds is 8. The van der Waals surface area contributed by atoms with Gasteiger partial charge in [0.1, 0.15) is 12.0 Å². The van der Waals surface area contributed by atoms with Crippen molar-refractivity contribution in [2.45, 2.75) is 29.7 Å². The molecular formula is C19H21NO4S. The van der Waals surface area contributed by atoms with Crippen LogP contribution in [0.2, 0.25) is 0 Å². The van der Waals surface area contributed by atoms with Gasteiger partial charge in [0.05, 0.1) is 4.90 Å². The maximum Gasteiger partial charge on any atom is 0.408 e. The molecule has 2 aromatic rings. The van der Waals surface area contributed by atoms with Gasteiger partial charge in [0, 0.05) is 0 Å². The summed E-state index contributed by atoms with van der Waals surface area (Å²) in [5, 5.41) is 1.39. The number of ether oxygens (including phenoxy) is 1. The van der Waals surface area contributed by atoms with E-state index >= 15 is 0 Å². The van der Waals surface area contributed by atoms with Gasteiger partial charge in [-0.15, -0.1) is 6.58 Å². The zero-order valence-corrected chi connectivity index (χ0v) is 14.6. The van der Waals surface area contributed by atoms with Crippen LogP contribution in [0.4, 0.5) is 4.79 Å². The highest BCUT2D eigenvalue weighted by atomic mass is 32.2. The van der Waals surface area contributed by atoms with E-state index in [4.69, 9.17) is 4.74 Å². The minimum atomic E-state index is -3.71. The second kappa shape index (κ2) is 9.03. The summed E-state index contributed by atoms with van der Waals surface area (Å²) in [5.41, 5.74) is 0.825. The Balaban J connectivity index is 2.06. The highest BCUT2D eigenvalue weighted by molar-refractivity contribution is 7.92. The molecule has 0 saturated heterocycles. The summed E-state index contributed by atoms with van der Waals surface area (Å²) in [6, 6.07) is 17.2. The second-order valence-corrected chi connectivity index (χ2v) is 7.55. The molecule has 0 aliphatic carbocycles. The number of carbonyl (C=O) groups is 1. The monoisotopic (exact) mass is 359 g/mol. The summed E-state index contributed by atoms with van der Waals surface area (Å²) in [5.74, 6) is 0. The third kappa shape index (κ3) is 5.46. The number of amides is 1. The van der Waals surface area contributed by atoms with E-state index < -0.39 is 21.3 Å². The van der Waals surface area contributed by atoms with E-state index in [1.54, 1.807) is 24.3 Å². The molecule has 25 heavy (non-hydrogen) atoms. The molecular weight excluding hydrogens is 338 g/mol. The molecule has 0 fully saturated rings. The van der Waals surface area contributed by atoms with Gasteiger partial charge in [-0.3, -0.25) is 0 Å². The van der Waals surface area contributed by atoms with Gasteiger partial charge in [0.25, 0.3) is 0 Å². The highest BCUT2D eigenvalue weighted by Crippen LogP contribution is 2.18. The zero-order chi connectivity index (χ0) is 18.1. The standard InChI is InChI=1S/C19H21NO4S/c1-2-3-14-18(25(22,23)17-12-8-5-9-13-17)20-19(21)24-15-16-10-6-4-7-11-16/h2,4-13,18H,1,3,14-15H2,(H,20,21). The lowest BCUT2D eigenvalue weighted by Gasteiger charge is -2.18. The molecule has 0 aliphatic rings. The summed E-state index contributed by atoms with van der Waals surface area (Å²) in [6.45, 7) is 3.68. The second-order valence-electron chi connectivity index (χ2n) is 5.42. The van der Waals surface area contributed by atoms with Crippen molar-refractivity contribution >= 4 is 15.9 Å². The molecule has 1 atom stereocenters. The Morgan fingerprint density at radius 3 is 2.28 bits per heavy atom. The van der Waals surface area contributed by atoms with Crippen molar-refractivity contribution in [1.82, 2.24) is 5.32 Å². The molecule has 0 radical (unpaired) electrons. The normalized spacial score (nSPS) is 12.2. The predicted molar refractivity (Wildman–Crippen MR) is 96.6 cm³/mol. The molecule has 0 bridgehead atoms. The molecule has 1 N–H and O–H groups in total. The number of allylic oxidation sites excluding steroid dienone is 1. The summed E-state index contributed by atoms with van der Waals surface area (Å²) in [6.07, 6.45) is 1.53. The van der Waals surface area contributed by atoms with Crippen LogP contribution in [0.25, 0.3) is 0 Å². The molecule has 2 aromatic carbocycles. The Bertz CT molecular complexity index is 789. The Labute approximate surface area is 148 Å². The van der Waals surface area contributed by atoms with Crippen molar-refractivity contribution in [3.63, 3.8) is 0 Å². The van der Waals surface area contributed by atoms with Crippen molar-refractivity contribution in [3.8, 4) is 0 Å². The Kier molecular flexibility index (Phi) is 6.77. The SMILES string of the molecule is C=CCCC(NC(=O)OCc1ccccc1)S(=O)(=O)c1ccccc1. The van der Waals surface area contributed by atoms with E-state index in [-0.39, 0.29) is 17.9 Å². The lowest BCUT2D eigenvalue weighted by atomic mass is 10.2. The molecule has 0 heterocycles. The minimum absolute atomic E-state index is 0.0756. The van der Waals surface area contributed by atoms with Crippen LogP contribution in [-0.4, -0.2) is 19.9 Å². The number of carbonyl (C=O) groups excluding carboxylic acids is 1. The van der Waals surface area contributed by atoms with Gasteiger partial charge in [-0.05, 0) is 30.5 Å². The Morgan fingerprint density at radius 1 is 1.08 bits per heavy atom. The van der Waals surface area contributed by atoms with Crippen LogP contribution in [0.15, 0.2) is 78.2 Å². The first-order chi connectivity index (χ1) is 12.0. The van der Waals surface area contributed by atoms with Crippen LogP contribution >= 0.6 is 0 Å². The molecule has 1 unspecified atom stereocenters. The van der Waals surface area contributed by atoms with Crippen molar-refractivity contribution in [2.75, 3.05) is 0 Å². The van der Waals surface area contributed by atoms with E-state index in [2.05, 4.69) is 11.9 Å². The van der Waals surface area contributed by atoms with Crippen LogP contribution < -0.4 is 5.32 Å². The molecule has 0 saturated carbocycles. The minimum Gasteiger partial charge on any atom is -0.445 e. The van der Waals surface area contributed by atoms with Gasteiger partial charge < -0.3 is 10.1 Å². The van der Waals surface area contributed by atoms with Crippen LogP contribution in [0, 0.1) is 0 Å². The average Bonchev–Trinajstić information content (AvgIpc) is 2.65. The number of alkyl carbamates (subject to hydrolysis) is 1. The quantitative estimate of drug-likeness (QED) is 0.730. The van der Waals surface area contributed by atoms with Gasteiger partial charge in [0.2, 0.25) is 0 Å². The molecule has 0 aromatic heterocycles. The third-order valence-electron chi connectivity index (χ3n) is 3.57. The largest absolute Gasteiger partial charge is 0.445 e. The highest BCUT2D eigenvalue weighted by Gasteiger charge is 2.28. The Morgan fingerprint density at radius 2 is 1.68 bits per heavy atom. The van der Waals surface area contributed by atoms with Crippen molar-refractivity contribution in [3.05, 3.63) is 78.9 Å². The number of hydrogen-bond donors (Lipinski definition) is 1. The van der Waals surface area contributed by atoms with Crippen LogP contribution in [0.5, 0.6) is 0 Å². The molecule has 1 amide bonds. The molecule has 0 spiro atoms. The summed E-state index contributed by atoms with van der Waals surface area (Å²) in [4.78, 5) is 12.2. The first-order valence-corrected chi connectivity index (χ1v) is 9.45. The van der Waals surface area contributed by atoms with E-state index in [1.807, 2.05) is 30.3 Å². The predicted octanol–water partition coefficient (Wildman–Crippen LogP) is 3.68. The fourth-order valence-electron chi connectivity index (χ4n) is 2.24. The van der Waals surface area contributed by atoms with Gasteiger partial charge >= 0.3 is 6.09 Å². The fourth-order valence-corrected chi connectivity index (χ4v) is 3.81. The van der Waals surface area contributed by atoms with Crippen molar-refractivity contribution in [1.29, 1.82) is 0 Å². The number of nitrogens with one attached hydrogen (secondary N) is 1. The van der Waals surface area contributed by atoms with Gasteiger partial charge in [-0.25, -0.2) is 13.2 Å². The van der Waals surface area contributed by atoms with Crippen molar-refractivity contribution in [2.24, 2.45) is 0 Å². The topological polar surface area (TPSA) is 72.5 Å². The van der Waals surface area contributed by atoms with E-state index in [9.17, 15) is 13.2 Å². The van der Waals surface area contributed by atoms with E-state index in [0.717, 1.165) is 5.56 Å². The van der Waals surface area contributed by atoms with Gasteiger partial charge in [-0.1, -0.05) is 54.6 Å². The van der Waals surface area contributed by atoms with Crippen molar-refractivity contribution < 1.29 is 17.9 Å². The molecule has 0 aliphatic heterocycles. The van der Waals surface area contributed by atoms with Gasteiger partial charge in [-0.2, -0.15) is 0 Å². The Hall–Kier alpha value is -2.60. The van der Waals surface area contributed by atoms with E-state index in [0.29, 0.717) is 6.42 Å². The first-order valence-electron chi connectivity index (χ1n) is 7.91. The first kappa shape index (κ1) is 18.7. The third-order valence-corrected chi connectivity index (χ3v) is 5.60. The molecule has 2 rings (SSSR count). The number of benzene rings is 2. The summed E-state index contributed by atoms with van der Waals surface area (Å²) >= 11 is 0. The van der Waals surface area contributed by atoms with Gasteiger partial charge in [0.15, 0.2) is 9.84 Å². The van der Waals surface area contributed by atoms with Crippen LogP contribution in [0.3, 0.4) is 0 Å². The molecule has 132 valence electrons. The maximum absolute atomic E-state index is 12.7.